The van der Waals surface area contributed by atoms with Crippen LogP contribution in [0, 0.1) is 5.92 Å². The molecule has 4 rings (SSSR count). The Balaban J connectivity index is 1.72. The molecule has 0 radical (unpaired) electrons. The zero-order valence-electron chi connectivity index (χ0n) is 16.3. The summed E-state index contributed by atoms with van der Waals surface area (Å²) in [6, 6.07) is 6.18. The lowest BCUT2D eigenvalue weighted by molar-refractivity contribution is -0.121. The van der Waals surface area contributed by atoms with E-state index in [1.165, 1.54) is 0 Å². The lowest BCUT2D eigenvalue weighted by Crippen LogP contribution is -2.22. The van der Waals surface area contributed by atoms with Gasteiger partial charge in [-0.15, -0.1) is 0 Å². The van der Waals surface area contributed by atoms with Crippen LogP contribution in [0.2, 0.25) is 0 Å². The molecule has 1 aromatic carbocycles. The minimum absolute atomic E-state index is 0.199. The number of amides is 1. The van der Waals surface area contributed by atoms with E-state index in [0.29, 0.717) is 19.6 Å². The van der Waals surface area contributed by atoms with Gasteiger partial charge in [0.2, 0.25) is 5.91 Å². The van der Waals surface area contributed by atoms with Crippen LogP contribution in [-0.4, -0.2) is 36.8 Å². The highest BCUT2D eigenvalue weighted by molar-refractivity contribution is 5.76. The van der Waals surface area contributed by atoms with E-state index in [0.717, 1.165) is 34.2 Å². The number of hydrogen-bond donors (Lipinski definition) is 1. The third-order valence-corrected chi connectivity index (χ3v) is 4.97. The zero-order chi connectivity index (χ0) is 19.8. The highest BCUT2D eigenvalue weighted by Crippen LogP contribution is 2.35. The van der Waals surface area contributed by atoms with Crippen LogP contribution in [0.4, 0.5) is 0 Å². The number of aromatic nitrogens is 5. The largest absolute Gasteiger partial charge is 0.491 e. The molecule has 2 aromatic heterocycles. The normalized spacial score (nSPS) is 14.1. The van der Waals surface area contributed by atoms with E-state index in [4.69, 9.17) is 15.5 Å². The minimum Gasteiger partial charge on any atom is -0.491 e. The van der Waals surface area contributed by atoms with Gasteiger partial charge in [0.1, 0.15) is 30.2 Å². The Bertz CT molecular complexity index is 1020. The Morgan fingerprint density at radius 3 is 2.86 bits per heavy atom. The van der Waals surface area contributed by atoms with Crippen LogP contribution < -0.4 is 10.5 Å². The van der Waals surface area contributed by atoms with Gasteiger partial charge in [0.25, 0.3) is 0 Å². The number of carbonyl (C=O) groups is 1. The van der Waals surface area contributed by atoms with Crippen molar-refractivity contribution in [2.24, 2.45) is 11.7 Å². The van der Waals surface area contributed by atoms with E-state index < -0.39 is 0 Å². The number of nitrogens with zero attached hydrogens (tertiary/aromatic N) is 5. The summed E-state index contributed by atoms with van der Waals surface area (Å²) in [5.74, 6) is 1.85. The second kappa shape index (κ2) is 7.10. The zero-order valence-corrected chi connectivity index (χ0v) is 16.3. The number of hydrogen-bond acceptors (Lipinski definition) is 5. The average molecular weight is 380 g/mol. The van der Waals surface area contributed by atoms with Gasteiger partial charge in [-0.05, 0) is 38.0 Å². The molecule has 0 saturated carbocycles. The number of imidazole rings is 1. The van der Waals surface area contributed by atoms with Gasteiger partial charge in [0.15, 0.2) is 5.82 Å². The molecule has 0 fully saturated rings. The first kappa shape index (κ1) is 18.2. The van der Waals surface area contributed by atoms with Crippen LogP contribution in [0.15, 0.2) is 30.7 Å². The van der Waals surface area contributed by atoms with Crippen LogP contribution >= 0.6 is 0 Å². The second-order valence-corrected chi connectivity index (χ2v) is 7.45. The van der Waals surface area contributed by atoms with Crippen LogP contribution in [0.25, 0.3) is 22.9 Å². The lowest BCUT2D eigenvalue weighted by Gasteiger charge is -2.11. The molecule has 2 N–H and O–H groups in total. The maximum Gasteiger partial charge on any atom is 0.220 e. The minimum atomic E-state index is -0.301. The highest BCUT2D eigenvalue weighted by atomic mass is 16.5. The molecule has 3 heterocycles. The molecule has 0 saturated heterocycles. The summed E-state index contributed by atoms with van der Waals surface area (Å²) < 4.78 is 9.91. The molecule has 28 heavy (non-hydrogen) atoms. The molecule has 146 valence electrons. The summed E-state index contributed by atoms with van der Waals surface area (Å²) in [6.07, 6.45) is 4.14. The van der Waals surface area contributed by atoms with E-state index in [9.17, 15) is 4.79 Å². The fourth-order valence-electron chi connectivity index (χ4n) is 3.43. The number of carbonyl (C=O) groups excluding carboxylic acids is 1. The molecule has 0 bridgehead atoms. The van der Waals surface area contributed by atoms with Crippen molar-refractivity contribution in [3.63, 3.8) is 0 Å². The van der Waals surface area contributed by atoms with Crippen molar-refractivity contribution in [3.05, 3.63) is 36.3 Å². The smallest absolute Gasteiger partial charge is 0.220 e. The maximum absolute atomic E-state index is 11.4. The second-order valence-electron chi connectivity index (χ2n) is 7.45. The SMILES string of the molecule is CC(Cc1ccc2c(c1)OCCn1cc(-c3ncnn3C(C)C)nc1-2)C(N)=O. The number of primary amides is 1. The maximum atomic E-state index is 11.4. The Kier molecular flexibility index (Phi) is 4.62. The number of ether oxygens (including phenoxy) is 1. The van der Waals surface area contributed by atoms with Crippen LogP contribution in [0.3, 0.4) is 0 Å². The van der Waals surface area contributed by atoms with E-state index in [-0.39, 0.29) is 17.9 Å². The standard InChI is InChI=1S/C20H24N6O2/c1-12(2)26-20(22-11-23-26)16-10-25-6-7-28-17-9-14(8-13(3)18(21)27)4-5-15(17)19(25)24-16/h4-5,9-13H,6-8H2,1-3H3,(H2,21,27). The molecule has 1 unspecified atom stereocenters. The van der Waals surface area contributed by atoms with Crippen LogP contribution in [0.1, 0.15) is 32.4 Å². The molecule has 3 aromatic rings. The predicted molar refractivity (Wildman–Crippen MR) is 105 cm³/mol. The van der Waals surface area contributed by atoms with Crippen molar-refractivity contribution in [2.75, 3.05) is 6.61 Å². The molecule has 8 heteroatoms. The van der Waals surface area contributed by atoms with E-state index in [1.54, 1.807) is 6.33 Å². The van der Waals surface area contributed by atoms with Crippen molar-refractivity contribution < 1.29 is 9.53 Å². The number of fused-ring (bicyclic) bond motifs is 3. The summed E-state index contributed by atoms with van der Waals surface area (Å²) >= 11 is 0. The molecule has 8 nitrogen and oxygen atoms in total. The number of nitrogens with two attached hydrogens (primary N) is 1. The molecule has 1 amide bonds. The highest BCUT2D eigenvalue weighted by Gasteiger charge is 2.22. The Morgan fingerprint density at radius 1 is 1.29 bits per heavy atom. The van der Waals surface area contributed by atoms with Crippen molar-refractivity contribution in [3.8, 4) is 28.7 Å². The first-order chi connectivity index (χ1) is 13.4. The molecule has 0 aliphatic carbocycles. The topological polar surface area (TPSA) is 101 Å². The van der Waals surface area contributed by atoms with Gasteiger partial charge >= 0.3 is 0 Å². The van der Waals surface area contributed by atoms with Gasteiger partial charge < -0.3 is 15.0 Å². The lowest BCUT2D eigenvalue weighted by atomic mass is 9.99. The summed E-state index contributed by atoms with van der Waals surface area (Å²) in [4.78, 5) is 20.6. The monoisotopic (exact) mass is 380 g/mol. The first-order valence-electron chi connectivity index (χ1n) is 9.46. The Morgan fingerprint density at radius 2 is 2.11 bits per heavy atom. The van der Waals surface area contributed by atoms with Gasteiger partial charge in [-0.2, -0.15) is 5.10 Å². The van der Waals surface area contributed by atoms with Gasteiger partial charge in [0.05, 0.1) is 12.1 Å². The Hall–Kier alpha value is -3.16. The van der Waals surface area contributed by atoms with Crippen molar-refractivity contribution in [1.82, 2.24) is 24.3 Å². The number of rotatable bonds is 5. The third-order valence-electron chi connectivity index (χ3n) is 4.97. The first-order valence-corrected chi connectivity index (χ1v) is 9.46. The molecule has 1 aliphatic rings. The van der Waals surface area contributed by atoms with E-state index in [2.05, 4.69) is 28.5 Å². The summed E-state index contributed by atoms with van der Waals surface area (Å²) in [5.41, 5.74) is 8.13. The van der Waals surface area contributed by atoms with Crippen LogP contribution in [-0.2, 0) is 17.8 Å². The van der Waals surface area contributed by atoms with Crippen molar-refractivity contribution >= 4 is 5.91 Å². The molecule has 1 atom stereocenters. The number of benzene rings is 1. The van der Waals surface area contributed by atoms with Gasteiger partial charge in [-0.1, -0.05) is 13.0 Å². The van der Waals surface area contributed by atoms with Crippen molar-refractivity contribution in [1.29, 1.82) is 0 Å². The summed E-state index contributed by atoms with van der Waals surface area (Å²) in [6.45, 7) is 7.20. The van der Waals surface area contributed by atoms with Gasteiger partial charge in [-0.25, -0.2) is 14.6 Å². The van der Waals surface area contributed by atoms with Crippen molar-refractivity contribution in [2.45, 2.75) is 39.8 Å². The predicted octanol–water partition coefficient (Wildman–Crippen LogP) is 2.45. The average Bonchev–Trinajstić information content (AvgIpc) is 3.26. The van der Waals surface area contributed by atoms with E-state index >= 15 is 0 Å². The molecular weight excluding hydrogens is 356 g/mol. The molecule has 1 aliphatic heterocycles. The fraction of sp³-hybridized carbons (Fsp3) is 0.400. The van der Waals surface area contributed by atoms with Gasteiger partial charge in [0, 0.05) is 18.2 Å². The molecule has 0 spiro atoms. The fourth-order valence-corrected chi connectivity index (χ4v) is 3.43. The molecular formula is C20H24N6O2. The Labute approximate surface area is 163 Å². The van der Waals surface area contributed by atoms with Crippen LogP contribution in [0.5, 0.6) is 5.75 Å². The summed E-state index contributed by atoms with van der Waals surface area (Å²) in [7, 11) is 0. The quantitative estimate of drug-likeness (QED) is 0.733. The third kappa shape index (κ3) is 3.26. The van der Waals surface area contributed by atoms with Gasteiger partial charge in [-0.3, -0.25) is 4.79 Å². The van der Waals surface area contributed by atoms with E-state index in [1.807, 2.05) is 36.0 Å². The summed E-state index contributed by atoms with van der Waals surface area (Å²) in [5, 5.41) is 4.31.